The second-order valence-electron chi connectivity index (χ2n) is 7.34. The maximum Gasteiger partial charge on any atom is 0.242 e. The molecule has 0 fully saturated rings. The van der Waals surface area contributed by atoms with Gasteiger partial charge in [-0.3, -0.25) is 9.59 Å². The summed E-state index contributed by atoms with van der Waals surface area (Å²) in [6, 6.07) is 7.47. The number of carbonyl (C=O) groups is 2. The van der Waals surface area contributed by atoms with E-state index in [1.54, 1.807) is 0 Å². The molecule has 2 N–H and O–H groups in total. The largest absolute Gasteiger partial charge is 0.492 e. The fourth-order valence-electron chi connectivity index (χ4n) is 2.26. The zero-order valence-corrected chi connectivity index (χ0v) is 15.6. The highest BCUT2D eigenvalue weighted by atomic mass is 16.5. The van der Waals surface area contributed by atoms with E-state index in [1.165, 1.54) is 12.5 Å². The Morgan fingerprint density at radius 3 is 2.17 bits per heavy atom. The highest BCUT2D eigenvalue weighted by Crippen LogP contribution is 2.24. The molecule has 0 saturated carbocycles. The molecule has 0 heterocycles. The van der Waals surface area contributed by atoms with Crippen molar-refractivity contribution >= 4 is 11.8 Å². The average Bonchev–Trinajstić information content (AvgIpc) is 2.48. The lowest BCUT2D eigenvalue weighted by Crippen LogP contribution is -2.49. The molecule has 0 aliphatic carbocycles. The molecule has 1 rings (SSSR count). The summed E-state index contributed by atoms with van der Waals surface area (Å²) in [5.41, 5.74) is 1.36. The standard InChI is InChI=1S/C19H30N2O3/c1-13(2)17(21-14(3)22)18(23)20-11-12-24-16-9-7-15(8-10-16)19(4,5)6/h7-10,13,17H,11-12H2,1-6H3,(H,20,23)(H,21,22)/t17-/m1/s1. The molecular formula is C19H30N2O3. The summed E-state index contributed by atoms with van der Waals surface area (Å²) in [5.74, 6) is 0.408. The molecule has 2 amide bonds. The number of nitrogens with one attached hydrogen (secondary N) is 2. The van der Waals surface area contributed by atoms with Gasteiger partial charge in [0.2, 0.25) is 11.8 Å². The van der Waals surface area contributed by atoms with Crippen molar-refractivity contribution in [2.45, 2.75) is 53.0 Å². The first-order valence-electron chi connectivity index (χ1n) is 8.39. The Morgan fingerprint density at radius 1 is 1.12 bits per heavy atom. The van der Waals surface area contributed by atoms with Crippen LogP contribution in [0.2, 0.25) is 0 Å². The van der Waals surface area contributed by atoms with Gasteiger partial charge in [-0.1, -0.05) is 46.8 Å². The summed E-state index contributed by atoms with van der Waals surface area (Å²) in [7, 11) is 0. The monoisotopic (exact) mass is 334 g/mol. The summed E-state index contributed by atoms with van der Waals surface area (Å²) in [4.78, 5) is 23.3. The van der Waals surface area contributed by atoms with E-state index in [9.17, 15) is 9.59 Å². The van der Waals surface area contributed by atoms with Crippen LogP contribution in [0.5, 0.6) is 5.75 Å². The molecule has 1 atom stereocenters. The fourth-order valence-corrected chi connectivity index (χ4v) is 2.26. The molecule has 24 heavy (non-hydrogen) atoms. The molecule has 0 aliphatic rings. The Balaban J connectivity index is 2.42. The van der Waals surface area contributed by atoms with Gasteiger partial charge in [-0.05, 0) is 29.0 Å². The predicted molar refractivity (Wildman–Crippen MR) is 96.1 cm³/mol. The van der Waals surface area contributed by atoms with E-state index in [1.807, 2.05) is 26.0 Å². The van der Waals surface area contributed by atoms with Crippen LogP contribution in [0.1, 0.15) is 47.1 Å². The molecule has 1 aromatic rings. The fraction of sp³-hybridized carbons (Fsp3) is 0.579. The molecule has 134 valence electrons. The number of amides is 2. The van der Waals surface area contributed by atoms with Gasteiger partial charge in [0, 0.05) is 6.92 Å². The van der Waals surface area contributed by atoms with Gasteiger partial charge in [0.05, 0.1) is 6.54 Å². The molecule has 5 nitrogen and oxygen atoms in total. The average molecular weight is 334 g/mol. The minimum Gasteiger partial charge on any atom is -0.492 e. The molecule has 5 heteroatoms. The van der Waals surface area contributed by atoms with Crippen LogP contribution in [0.4, 0.5) is 0 Å². The van der Waals surface area contributed by atoms with Crippen molar-refractivity contribution < 1.29 is 14.3 Å². The van der Waals surface area contributed by atoms with E-state index in [4.69, 9.17) is 4.74 Å². The Labute approximate surface area is 145 Å². The van der Waals surface area contributed by atoms with Crippen LogP contribution in [-0.4, -0.2) is 31.0 Å². The second-order valence-corrected chi connectivity index (χ2v) is 7.34. The molecule has 0 bridgehead atoms. The third-order valence-corrected chi connectivity index (χ3v) is 3.70. The van der Waals surface area contributed by atoms with Gasteiger partial charge >= 0.3 is 0 Å². The maximum atomic E-state index is 12.1. The van der Waals surface area contributed by atoms with E-state index in [0.717, 1.165) is 5.75 Å². The number of hydrogen-bond acceptors (Lipinski definition) is 3. The number of benzene rings is 1. The van der Waals surface area contributed by atoms with E-state index in [0.29, 0.717) is 13.2 Å². The number of hydrogen-bond donors (Lipinski definition) is 2. The Hall–Kier alpha value is -2.04. The minimum absolute atomic E-state index is 0.0276. The maximum absolute atomic E-state index is 12.1. The van der Waals surface area contributed by atoms with Crippen LogP contribution in [-0.2, 0) is 15.0 Å². The van der Waals surface area contributed by atoms with Crippen LogP contribution >= 0.6 is 0 Å². The van der Waals surface area contributed by atoms with Crippen molar-refractivity contribution in [2.24, 2.45) is 5.92 Å². The van der Waals surface area contributed by atoms with Crippen molar-refractivity contribution in [1.29, 1.82) is 0 Å². The lowest BCUT2D eigenvalue weighted by Gasteiger charge is -2.21. The quantitative estimate of drug-likeness (QED) is 0.753. The molecule has 0 radical (unpaired) electrons. The Bertz CT molecular complexity index is 545. The molecule has 0 unspecified atom stereocenters. The molecule has 0 aliphatic heterocycles. The summed E-state index contributed by atoms with van der Waals surface area (Å²) < 4.78 is 5.64. The summed E-state index contributed by atoms with van der Waals surface area (Å²) in [6.45, 7) is 12.5. The third-order valence-electron chi connectivity index (χ3n) is 3.70. The molecule has 0 aromatic heterocycles. The molecule has 0 spiro atoms. The molecule has 1 aromatic carbocycles. The van der Waals surface area contributed by atoms with Crippen LogP contribution in [0, 0.1) is 5.92 Å². The lowest BCUT2D eigenvalue weighted by molar-refractivity contribution is -0.129. The van der Waals surface area contributed by atoms with Gasteiger partial charge in [0.1, 0.15) is 18.4 Å². The minimum atomic E-state index is -0.520. The Morgan fingerprint density at radius 2 is 1.71 bits per heavy atom. The molecule has 0 saturated heterocycles. The third kappa shape index (κ3) is 6.60. The van der Waals surface area contributed by atoms with Crippen LogP contribution < -0.4 is 15.4 Å². The lowest BCUT2D eigenvalue weighted by atomic mass is 9.87. The van der Waals surface area contributed by atoms with Crippen molar-refractivity contribution in [3.05, 3.63) is 29.8 Å². The SMILES string of the molecule is CC(=O)N[C@@H](C(=O)NCCOc1ccc(C(C)(C)C)cc1)C(C)C. The van der Waals surface area contributed by atoms with E-state index < -0.39 is 6.04 Å². The predicted octanol–water partition coefficient (Wildman–Crippen LogP) is 2.64. The van der Waals surface area contributed by atoms with Crippen molar-refractivity contribution in [2.75, 3.05) is 13.2 Å². The summed E-state index contributed by atoms with van der Waals surface area (Å²) in [6.07, 6.45) is 0. The topological polar surface area (TPSA) is 67.4 Å². The van der Waals surface area contributed by atoms with Gasteiger partial charge in [0.25, 0.3) is 0 Å². The number of rotatable bonds is 7. The number of ether oxygens (including phenoxy) is 1. The van der Waals surface area contributed by atoms with Crippen molar-refractivity contribution in [3.63, 3.8) is 0 Å². The van der Waals surface area contributed by atoms with Gasteiger partial charge in [-0.2, -0.15) is 0 Å². The Kier molecular flexibility index (Phi) is 7.26. The van der Waals surface area contributed by atoms with Gasteiger partial charge in [-0.15, -0.1) is 0 Å². The summed E-state index contributed by atoms with van der Waals surface area (Å²) >= 11 is 0. The van der Waals surface area contributed by atoms with Crippen molar-refractivity contribution in [1.82, 2.24) is 10.6 Å². The van der Waals surface area contributed by atoms with Crippen LogP contribution in [0.3, 0.4) is 0 Å². The van der Waals surface area contributed by atoms with Gasteiger partial charge in [-0.25, -0.2) is 0 Å². The zero-order valence-electron chi connectivity index (χ0n) is 15.6. The van der Waals surface area contributed by atoms with E-state index >= 15 is 0 Å². The van der Waals surface area contributed by atoms with E-state index in [2.05, 4.69) is 43.5 Å². The van der Waals surface area contributed by atoms with Crippen LogP contribution in [0.15, 0.2) is 24.3 Å². The van der Waals surface area contributed by atoms with Crippen molar-refractivity contribution in [3.8, 4) is 5.75 Å². The smallest absolute Gasteiger partial charge is 0.242 e. The first kappa shape index (κ1) is 20.0. The van der Waals surface area contributed by atoms with Gasteiger partial charge < -0.3 is 15.4 Å². The molecular weight excluding hydrogens is 304 g/mol. The first-order chi connectivity index (χ1) is 11.1. The normalized spacial score (nSPS) is 12.6. The van der Waals surface area contributed by atoms with Crippen LogP contribution in [0.25, 0.3) is 0 Å². The highest BCUT2D eigenvalue weighted by Gasteiger charge is 2.22. The zero-order chi connectivity index (χ0) is 18.3. The van der Waals surface area contributed by atoms with E-state index in [-0.39, 0.29) is 23.1 Å². The number of carbonyl (C=O) groups excluding carboxylic acids is 2. The second kappa shape index (κ2) is 8.71. The highest BCUT2D eigenvalue weighted by molar-refractivity contribution is 5.86. The van der Waals surface area contributed by atoms with Gasteiger partial charge in [0.15, 0.2) is 0 Å². The first-order valence-corrected chi connectivity index (χ1v) is 8.39. The summed E-state index contributed by atoms with van der Waals surface area (Å²) in [5, 5.41) is 5.46.